The molecule has 9 heteroatoms. The number of benzene rings is 2. The summed E-state index contributed by atoms with van der Waals surface area (Å²) in [4.78, 5) is 13.4. The number of carboxylic acid groups (broad SMARTS) is 1. The summed E-state index contributed by atoms with van der Waals surface area (Å²) >= 11 is 5.89. The van der Waals surface area contributed by atoms with Gasteiger partial charge in [0, 0.05) is 30.3 Å². The van der Waals surface area contributed by atoms with E-state index in [0.29, 0.717) is 11.3 Å². The minimum atomic E-state index is -3.87. The van der Waals surface area contributed by atoms with Gasteiger partial charge in [0.1, 0.15) is 11.9 Å². The number of aryl methyl sites for hydroxylation is 1. The van der Waals surface area contributed by atoms with Crippen molar-refractivity contribution in [3.63, 3.8) is 0 Å². The van der Waals surface area contributed by atoms with Crippen molar-refractivity contribution >= 4 is 33.3 Å². The largest absolute Gasteiger partial charge is 0.480 e. The van der Waals surface area contributed by atoms with Crippen molar-refractivity contribution in [1.82, 2.24) is 4.31 Å². The third-order valence-corrected chi connectivity index (χ3v) is 6.63. The Balaban J connectivity index is 1.91. The Labute approximate surface area is 161 Å². The number of nitrogens with zero attached hydrogens (tertiary/aromatic N) is 2. The second-order valence-electron chi connectivity index (χ2n) is 6.30. The van der Waals surface area contributed by atoms with E-state index in [0.717, 1.165) is 4.31 Å². The van der Waals surface area contributed by atoms with E-state index in [1.807, 2.05) is 0 Å². The summed E-state index contributed by atoms with van der Waals surface area (Å²) in [7, 11) is -3.87. The Morgan fingerprint density at radius 3 is 2.59 bits per heavy atom. The molecule has 3 rings (SSSR count). The van der Waals surface area contributed by atoms with Crippen molar-refractivity contribution in [3.8, 4) is 0 Å². The van der Waals surface area contributed by atoms with Crippen LogP contribution in [0.4, 0.5) is 10.1 Å². The van der Waals surface area contributed by atoms with E-state index in [-0.39, 0.29) is 29.6 Å². The molecule has 1 aliphatic rings. The molecule has 0 amide bonds. The first-order valence-electron chi connectivity index (χ1n) is 8.21. The monoisotopic (exact) mass is 412 g/mol. The number of piperazine rings is 1. The molecule has 1 atom stereocenters. The Hall–Kier alpha value is -2.16. The molecule has 1 unspecified atom stereocenters. The van der Waals surface area contributed by atoms with E-state index in [2.05, 4.69) is 0 Å². The van der Waals surface area contributed by atoms with E-state index < -0.39 is 27.9 Å². The number of rotatable bonds is 4. The summed E-state index contributed by atoms with van der Waals surface area (Å²) in [5.74, 6) is -1.56. The van der Waals surface area contributed by atoms with Gasteiger partial charge in [-0.3, -0.25) is 0 Å². The van der Waals surface area contributed by atoms with Gasteiger partial charge in [0.05, 0.1) is 4.90 Å². The molecule has 0 radical (unpaired) electrons. The van der Waals surface area contributed by atoms with Crippen molar-refractivity contribution in [2.45, 2.75) is 17.9 Å². The highest BCUT2D eigenvalue weighted by molar-refractivity contribution is 7.89. The lowest BCUT2D eigenvalue weighted by Crippen LogP contribution is -2.58. The minimum absolute atomic E-state index is 0.0190. The molecule has 1 N–H and O–H groups in total. The predicted octanol–water partition coefficient (Wildman–Crippen LogP) is 2.75. The van der Waals surface area contributed by atoms with Gasteiger partial charge in [-0.05, 0) is 48.9 Å². The van der Waals surface area contributed by atoms with Crippen molar-refractivity contribution in [2.75, 3.05) is 24.5 Å². The summed E-state index contributed by atoms with van der Waals surface area (Å²) < 4.78 is 40.3. The van der Waals surface area contributed by atoms with E-state index in [1.54, 1.807) is 17.9 Å². The molecule has 1 saturated heterocycles. The second-order valence-corrected chi connectivity index (χ2v) is 8.67. The molecule has 2 aromatic rings. The molecule has 0 bridgehead atoms. The van der Waals surface area contributed by atoms with Crippen LogP contribution in [0.2, 0.25) is 5.02 Å². The van der Waals surface area contributed by atoms with Crippen LogP contribution < -0.4 is 4.90 Å². The Morgan fingerprint density at radius 2 is 1.96 bits per heavy atom. The van der Waals surface area contributed by atoms with Gasteiger partial charge < -0.3 is 10.0 Å². The third kappa shape index (κ3) is 3.92. The number of hydrogen-bond donors (Lipinski definition) is 1. The summed E-state index contributed by atoms with van der Waals surface area (Å²) in [6, 6.07) is 8.87. The first kappa shape index (κ1) is 19.6. The molecular weight excluding hydrogens is 395 g/mol. The van der Waals surface area contributed by atoms with Gasteiger partial charge in [0.15, 0.2) is 0 Å². The topological polar surface area (TPSA) is 77.9 Å². The summed E-state index contributed by atoms with van der Waals surface area (Å²) in [6.07, 6.45) is 0. The summed E-state index contributed by atoms with van der Waals surface area (Å²) in [5.41, 5.74) is 1.16. The quantitative estimate of drug-likeness (QED) is 0.835. The molecule has 2 aromatic carbocycles. The average Bonchev–Trinajstić information content (AvgIpc) is 2.61. The molecule has 0 aromatic heterocycles. The van der Waals surface area contributed by atoms with E-state index in [9.17, 15) is 22.7 Å². The molecular formula is C18H18ClFN2O4S. The van der Waals surface area contributed by atoms with Crippen LogP contribution in [0.1, 0.15) is 5.56 Å². The van der Waals surface area contributed by atoms with Crippen LogP contribution in [-0.4, -0.2) is 49.5 Å². The zero-order valence-corrected chi connectivity index (χ0v) is 16.0. The van der Waals surface area contributed by atoms with Crippen LogP contribution in [0.15, 0.2) is 47.4 Å². The molecule has 1 aliphatic heterocycles. The van der Waals surface area contributed by atoms with Crippen molar-refractivity contribution in [1.29, 1.82) is 0 Å². The van der Waals surface area contributed by atoms with Crippen molar-refractivity contribution in [2.24, 2.45) is 0 Å². The number of halogens is 2. The third-order valence-electron chi connectivity index (χ3n) is 4.53. The van der Waals surface area contributed by atoms with Crippen LogP contribution in [0.25, 0.3) is 0 Å². The lowest BCUT2D eigenvalue weighted by atomic mass is 10.1. The van der Waals surface area contributed by atoms with Crippen molar-refractivity contribution < 1.29 is 22.7 Å². The fourth-order valence-electron chi connectivity index (χ4n) is 3.19. The molecule has 144 valence electrons. The van der Waals surface area contributed by atoms with Gasteiger partial charge in [-0.25, -0.2) is 17.6 Å². The molecule has 0 aliphatic carbocycles. The lowest BCUT2D eigenvalue weighted by Gasteiger charge is -2.40. The summed E-state index contributed by atoms with van der Waals surface area (Å²) in [5, 5.41) is 9.94. The normalized spacial score (nSPS) is 18.5. The highest BCUT2D eigenvalue weighted by Gasteiger charge is 2.38. The highest BCUT2D eigenvalue weighted by atomic mass is 35.5. The number of sulfonamides is 1. The first-order chi connectivity index (χ1) is 12.7. The van der Waals surface area contributed by atoms with Crippen LogP contribution in [-0.2, 0) is 14.8 Å². The molecule has 0 spiro atoms. The maximum Gasteiger partial charge on any atom is 0.327 e. The Kier molecular flexibility index (Phi) is 5.41. The van der Waals surface area contributed by atoms with Crippen LogP contribution in [0.3, 0.4) is 0 Å². The predicted molar refractivity (Wildman–Crippen MR) is 100 cm³/mol. The summed E-state index contributed by atoms with van der Waals surface area (Å²) in [6.45, 7) is 1.74. The minimum Gasteiger partial charge on any atom is -0.480 e. The van der Waals surface area contributed by atoms with Crippen LogP contribution >= 0.6 is 11.6 Å². The lowest BCUT2D eigenvalue weighted by molar-refractivity contribution is -0.139. The Bertz CT molecular complexity index is 983. The Morgan fingerprint density at radius 1 is 1.22 bits per heavy atom. The number of hydrogen-bond acceptors (Lipinski definition) is 4. The van der Waals surface area contributed by atoms with Gasteiger partial charge in [0.25, 0.3) is 0 Å². The first-order valence-corrected chi connectivity index (χ1v) is 10.0. The highest BCUT2D eigenvalue weighted by Crippen LogP contribution is 2.28. The smallest absolute Gasteiger partial charge is 0.327 e. The maximum absolute atomic E-state index is 13.4. The standard InChI is InChI=1S/C18H18ClFN2O4S/c1-12-9-14(20)5-6-16(12)22-8-7-21(11-17(22)18(23)24)27(25,26)15-4-2-3-13(19)10-15/h2-6,9-10,17H,7-8,11H2,1H3,(H,23,24). The average molecular weight is 413 g/mol. The fourth-order valence-corrected chi connectivity index (χ4v) is 4.93. The number of anilines is 1. The number of carbonyl (C=O) groups is 1. The molecule has 1 fully saturated rings. The molecule has 1 heterocycles. The van der Waals surface area contributed by atoms with Crippen LogP contribution in [0.5, 0.6) is 0 Å². The number of aliphatic carboxylic acids is 1. The van der Waals surface area contributed by atoms with Crippen LogP contribution in [0, 0.1) is 12.7 Å². The van der Waals surface area contributed by atoms with Gasteiger partial charge in [0.2, 0.25) is 10.0 Å². The van der Waals surface area contributed by atoms with Gasteiger partial charge in [-0.1, -0.05) is 17.7 Å². The number of carboxylic acids is 1. The van der Waals surface area contributed by atoms with E-state index in [1.165, 1.54) is 36.4 Å². The maximum atomic E-state index is 13.4. The van der Waals surface area contributed by atoms with Gasteiger partial charge in [-0.2, -0.15) is 4.31 Å². The van der Waals surface area contributed by atoms with Crippen molar-refractivity contribution in [3.05, 3.63) is 58.9 Å². The van der Waals surface area contributed by atoms with E-state index >= 15 is 0 Å². The zero-order chi connectivity index (χ0) is 19.8. The SMILES string of the molecule is Cc1cc(F)ccc1N1CCN(S(=O)(=O)c2cccc(Cl)c2)CC1C(=O)O. The molecule has 0 saturated carbocycles. The molecule has 6 nitrogen and oxygen atoms in total. The zero-order valence-electron chi connectivity index (χ0n) is 14.5. The fraction of sp³-hybridized carbons (Fsp3) is 0.278. The molecule has 27 heavy (non-hydrogen) atoms. The second kappa shape index (κ2) is 7.46. The van der Waals surface area contributed by atoms with Gasteiger partial charge in [-0.15, -0.1) is 0 Å². The van der Waals surface area contributed by atoms with E-state index in [4.69, 9.17) is 11.6 Å². The van der Waals surface area contributed by atoms with Gasteiger partial charge >= 0.3 is 5.97 Å².